The van der Waals surface area contributed by atoms with Crippen LogP contribution in [0.25, 0.3) is 0 Å². The lowest BCUT2D eigenvalue weighted by Gasteiger charge is -2.39. The summed E-state index contributed by atoms with van der Waals surface area (Å²) in [5, 5.41) is 0. The average Bonchev–Trinajstić information content (AvgIpc) is 2.98. The predicted molar refractivity (Wildman–Crippen MR) is 111 cm³/mol. The van der Waals surface area contributed by atoms with Crippen molar-refractivity contribution in [1.29, 1.82) is 0 Å². The van der Waals surface area contributed by atoms with Crippen molar-refractivity contribution in [3.05, 3.63) is 36.0 Å². The molecular formula is C23H30F6N2O2. The van der Waals surface area contributed by atoms with Crippen molar-refractivity contribution < 1.29 is 35.9 Å². The van der Waals surface area contributed by atoms with E-state index in [2.05, 4.69) is 47.8 Å². The predicted octanol–water partition coefficient (Wildman–Crippen LogP) is 5.87. The molecule has 0 aromatic rings. The Kier molecular flexibility index (Phi) is 7.27. The Bertz CT molecular complexity index is 795. The summed E-state index contributed by atoms with van der Waals surface area (Å²) in [4.78, 5) is 15.3. The summed E-state index contributed by atoms with van der Waals surface area (Å²) in [5.41, 5.74) is 1.12. The number of amides is 1. The van der Waals surface area contributed by atoms with Gasteiger partial charge in [0.1, 0.15) is 0 Å². The molecule has 1 amide bonds. The van der Waals surface area contributed by atoms with Crippen LogP contribution in [0.15, 0.2) is 36.0 Å². The van der Waals surface area contributed by atoms with Gasteiger partial charge in [-0.2, -0.15) is 26.3 Å². The van der Waals surface area contributed by atoms with Gasteiger partial charge >= 0.3 is 18.4 Å². The summed E-state index contributed by atoms with van der Waals surface area (Å²) in [6.07, 6.45) is -3.58. The molecule has 0 aromatic heterocycles. The van der Waals surface area contributed by atoms with E-state index in [9.17, 15) is 31.1 Å². The van der Waals surface area contributed by atoms with E-state index in [1.807, 2.05) is 6.08 Å². The van der Waals surface area contributed by atoms with Crippen LogP contribution in [-0.2, 0) is 4.74 Å². The minimum absolute atomic E-state index is 0.00731. The molecule has 1 aliphatic carbocycles. The van der Waals surface area contributed by atoms with Gasteiger partial charge in [0.05, 0.1) is 0 Å². The third kappa shape index (κ3) is 6.33. The molecule has 2 fully saturated rings. The lowest BCUT2D eigenvalue weighted by atomic mass is 9.78. The van der Waals surface area contributed by atoms with Gasteiger partial charge in [-0.3, -0.25) is 4.90 Å². The Morgan fingerprint density at radius 2 is 1.67 bits per heavy atom. The average molecular weight is 480 g/mol. The smallest absolute Gasteiger partial charge is 0.426 e. The quantitative estimate of drug-likeness (QED) is 0.472. The maximum Gasteiger partial charge on any atom is 0.434 e. The number of ether oxygens (including phenoxy) is 1. The highest BCUT2D eigenvalue weighted by Gasteiger charge is 2.60. The molecule has 0 saturated carbocycles. The molecule has 186 valence electrons. The molecule has 3 rings (SSSR count). The molecule has 10 heteroatoms. The Hall–Kier alpha value is -1.97. The van der Waals surface area contributed by atoms with Crippen molar-refractivity contribution in [2.24, 2.45) is 10.8 Å². The summed E-state index contributed by atoms with van der Waals surface area (Å²) < 4.78 is 79.9. The SMILES string of the molecule is CCC1(C)C=CC=CC(CN2CCC3(CCN(C(=O)OC(C(F)(F)F)C(F)(F)F)CC3)C2)=C1. The molecule has 0 aromatic carbocycles. The number of carbonyl (C=O) groups excluding carboxylic acids is 1. The van der Waals surface area contributed by atoms with E-state index in [1.54, 1.807) is 0 Å². The third-order valence-corrected chi connectivity index (χ3v) is 6.99. The number of likely N-dealkylation sites (tertiary alicyclic amines) is 2. The molecule has 2 saturated heterocycles. The summed E-state index contributed by atoms with van der Waals surface area (Å²) in [6.45, 7) is 6.89. The molecule has 33 heavy (non-hydrogen) atoms. The second kappa shape index (κ2) is 9.35. The first kappa shape index (κ1) is 25.6. The van der Waals surface area contributed by atoms with Crippen LogP contribution in [0.1, 0.15) is 39.5 Å². The Morgan fingerprint density at radius 3 is 2.24 bits per heavy atom. The lowest BCUT2D eigenvalue weighted by Crippen LogP contribution is -2.50. The summed E-state index contributed by atoms with van der Waals surface area (Å²) in [7, 11) is 0. The summed E-state index contributed by atoms with van der Waals surface area (Å²) >= 11 is 0. The zero-order valence-electron chi connectivity index (χ0n) is 18.8. The maximum absolute atomic E-state index is 12.7. The minimum atomic E-state index is -5.71. The number of rotatable bonds is 4. The van der Waals surface area contributed by atoms with Gasteiger partial charge in [-0.15, -0.1) is 0 Å². The third-order valence-electron chi connectivity index (χ3n) is 6.99. The zero-order chi connectivity index (χ0) is 24.5. The fourth-order valence-electron chi connectivity index (χ4n) is 4.78. The number of carbonyl (C=O) groups is 1. The van der Waals surface area contributed by atoms with Gasteiger partial charge in [0.25, 0.3) is 6.10 Å². The van der Waals surface area contributed by atoms with Crippen LogP contribution >= 0.6 is 0 Å². The van der Waals surface area contributed by atoms with Crippen molar-refractivity contribution in [3.8, 4) is 0 Å². The second-order valence-corrected chi connectivity index (χ2v) is 9.59. The number of hydrogen-bond acceptors (Lipinski definition) is 3. The highest BCUT2D eigenvalue weighted by Crippen LogP contribution is 2.42. The molecule has 0 radical (unpaired) electrons. The van der Waals surface area contributed by atoms with E-state index in [4.69, 9.17) is 0 Å². The molecule has 2 aliphatic heterocycles. The molecule has 4 nitrogen and oxygen atoms in total. The number of hydrogen-bond donors (Lipinski definition) is 0. The largest absolute Gasteiger partial charge is 0.434 e. The van der Waals surface area contributed by atoms with Gasteiger partial charge in [-0.1, -0.05) is 44.2 Å². The molecule has 1 atom stereocenters. The lowest BCUT2D eigenvalue weighted by molar-refractivity contribution is -0.308. The molecule has 0 N–H and O–H groups in total. The summed E-state index contributed by atoms with van der Waals surface area (Å²) in [6, 6.07) is 0. The standard InChI is InChI=1S/C23H30F6N2O2/c1-3-20(2)7-5-4-6-17(14-20)15-30-11-8-21(16-30)9-12-31(13-10-21)19(32)33-18(22(24,25)26)23(27,28)29/h4-7,14,18H,3,8-13,15-16H2,1-2H3. The number of piperidine rings is 1. The number of alkyl halides is 6. The van der Waals surface area contributed by atoms with Crippen molar-refractivity contribution in [1.82, 2.24) is 9.80 Å². The van der Waals surface area contributed by atoms with E-state index in [1.165, 1.54) is 5.57 Å². The summed E-state index contributed by atoms with van der Waals surface area (Å²) in [5.74, 6) is 0. The van der Waals surface area contributed by atoms with Gasteiger partial charge in [0.15, 0.2) is 0 Å². The van der Waals surface area contributed by atoms with Crippen molar-refractivity contribution in [2.75, 3.05) is 32.7 Å². The minimum Gasteiger partial charge on any atom is -0.426 e. The number of nitrogens with zero attached hydrogens (tertiary/aromatic N) is 2. The number of allylic oxidation sites excluding steroid dienone is 4. The molecule has 1 spiro atoms. The maximum atomic E-state index is 12.7. The first-order valence-corrected chi connectivity index (χ1v) is 11.1. The highest BCUT2D eigenvalue weighted by molar-refractivity contribution is 5.68. The first-order chi connectivity index (χ1) is 15.3. The topological polar surface area (TPSA) is 32.8 Å². The highest BCUT2D eigenvalue weighted by atomic mass is 19.4. The van der Waals surface area contributed by atoms with Gasteiger partial charge in [0, 0.05) is 31.6 Å². The van der Waals surface area contributed by atoms with Crippen LogP contribution in [-0.4, -0.2) is 67.1 Å². The second-order valence-electron chi connectivity index (χ2n) is 9.59. The molecule has 3 aliphatic rings. The Balaban J connectivity index is 1.55. The van der Waals surface area contributed by atoms with E-state index in [0.29, 0.717) is 12.8 Å². The van der Waals surface area contributed by atoms with Crippen molar-refractivity contribution >= 4 is 6.09 Å². The van der Waals surface area contributed by atoms with E-state index in [0.717, 1.165) is 37.4 Å². The van der Waals surface area contributed by atoms with Crippen LogP contribution < -0.4 is 0 Å². The van der Waals surface area contributed by atoms with Crippen molar-refractivity contribution in [3.63, 3.8) is 0 Å². The molecular weight excluding hydrogens is 450 g/mol. The van der Waals surface area contributed by atoms with Crippen LogP contribution in [0.2, 0.25) is 0 Å². The molecule has 2 heterocycles. The zero-order valence-corrected chi connectivity index (χ0v) is 18.8. The van der Waals surface area contributed by atoms with Gasteiger partial charge in [-0.05, 0) is 43.2 Å². The van der Waals surface area contributed by atoms with Crippen LogP contribution in [0.5, 0.6) is 0 Å². The monoisotopic (exact) mass is 480 g/mol. The van der Waals surface area contributed by atoms with Gasteiger partial charge < -0.3 is 9.64 Å². The van der Waals surface area contributed by atoms with Crippen LogP contribution in [0, 0.1) is 10.8 Å². The fourth-order valence-corrected chi connectivity index (χ4v) is 4.78. The van der Waals surface area contributed by atoms with E-state index in [-0.39, 0.29) is 23.9 Å². The van der Waals surface area contributed by atoms with Crippen LogP contribution in [0.3, 0.4) is 0 Å². The first-order valence-electron chi connectivity index (χ1n) is 11.1. The van der Waals surface area contributed by atoms with Gasteiger partial charge in [-0.25, -0.2) is 4.79 Å². The van der Waals surface area contributed by atoms with E-state index >= 15 is 0 Å². The fraction of sp³-hybridized carbons (Fsp3) is 0.696. The Morgan fingerprint density at radius 1 is 1.06 bits per heavy atom. The Labute approximate surface area is 189 Å². The molecule has 1 unspecified atom stereocenters. The van der Waals surface area contributed by atoms with Crippen molar-refractivity contribution in [2.45, 2.75) is 58.0 Å². The normalized spacial score (nSPS) is 26.1. The molecule has 0 bridgehead atoms. The van der Waals surface area contributed by atoms with Gasteiger partial charge in [0.2, 0.25) is 0 Å². The van der Waals surface area contributed by atoms with Crippen LogP contribution in [0.4, 0.5) is 31.1 Å². The van der Waals surface area contributed by atoms with E-state index < -0.39 is 24.5 Å². The number of halogens is 6.